The van der Waals surface area contributed by atoms with Crippen molar-refractivity contribution in [3.8, 4) is 0 Å². The van der Waals surface area contributed by atoms with E-state index in [9.17, 15) is 8.42 Å². The van der Waals surface area contributed by atoms with Crippen LogP contribution in [-0.4, -0.2) is 41.2 Å². The number of aromatic amines is 1. The zero-order valence-corrected chi connectivity index (χ0v) is 20.0. The molecule has 168 valence electrons. The molecule has 0 spiro atoms. The van der Waals surface area contributed by atoms with Gasteiger partial charge in [0.25, 0.3) is 0 Å². The highest BCUT2D eigenvalue weighted by Crippen LogP contribution is 2.33. The van der Waals surface area contributed by atoms with Crippen molar-refractivity contribution >= 4 is 32.1 Å². The molecule has 1 fully saturated rings. The van der Waals surface area contributed by atoms with E-state index in [1.165, 1.54) is 15.8 Å². The predicted octanol–water partition coefficient (Wildman–Crippen LogP) is 4.32. The molecule has 4 aromatic rings. The van der Waals surface area contributed by atoms with Crippen LogP contribution in [0.5, 0.6) is 0 Å². The van der Waals surface area contributed by atoms with Gasteiger partial charge in [-0.2, -0.15) is 5.10 Å². The number of sulfone groups is 1. The minimum absolute atomic E-state index is 0.0439. The fraction of sp³-hybridized carbons (Fsp3) is 0.375. The number of hydrogen-bond acceptors (Lipinski definition) is 5. The predicted molar refractivity (Wildman–Crippen MR) is 130 cm³/mol. The largest absolute Gasteiger partial charge is 0.361 e. The first kappa shape index (κ1) is 21.4. The van der Waals surface area contributed by atoms with Gasteiger partial charge in [-0.25, -0.2) is 8.42 Å². The van der Waals surface area contributed by atoms with E-state index >= 15 is 0 Å². The molecule has 4 heterocycles. The summed E-state index contributed by atoms with van der Waals surface area (Å²) in [7, 11) is -2.94. The molecule has 6 nitrogen and oxygen atoms in total. The summed E-state index contributed by atoms with van der Waals surface area (Å²) in [6.07, 6.45) is 2.78. The number of thiophene rings is 1. The van der Waals surface area contributed by atoms with Gasteiger partial charge in [0.1, 0.15) is 0 Å². The molecule has 0 radical (unpaired) electrons. The van der Waals surface area contributed by atoms with Gasteiger partial charge < -0.3 is 10.3 Å². The van der Waals surface area contributed by atoms with Crippen LogP contribution in [0.25, 0.3) is 10.9 Å². The molecule has 32 heavy (non-hydrogen) atoms. The van der Waals surface area contributed by atoms with Crippen LogP contribution in [0.4, 0.5) is 0 Å². The normalized spacial score (nSPS) is 19.0. The van der Waals surface area contributed by atoms with Gasteiger partial charge in [-0.15, -0.1) is 11.3 Å². The third kappa shape index (κ3) is 4.02. The number of benzene rings is 1. The molecule has 1 aliphatic heterocycles. The first-order chi connectivity index (χ1) is 15.4. The molecular weight excluding hydrogens is 440 g/mol. The number of H-pyrrole nitrogens is 1. The van der Waals surface area contributed by atoms with E-state index in [0.717, 1.165) is 29.0 Å². The van der Waals surface area contributed by atoms with E-state index < -0.39 is 9.84 Å². The molecule has 0 amide bonds. The van der Waals surface area contributed by atoms with E-state index in [1.54, 1.807) is 11.3 Å². The summed E-state index contributed by atoms with van der Waals surface area (Å²) < 4.78 is 25.8. The molecule has 1 aromatic carbocycles. The lowest BCUT2D eigenvalue weighted by Gasteiger charge is -2.17. The van der Waals surface area contributed by atoms with E-state index in [-0.39, 0.29) is 23.5 Å². The number of fused-ring (bicyclic) bond motifs is 1. The third-order valence-electron chi connectivity index (χ3n) is 6.56. The van der Waals surface area contributed by atoms with Crippen LogP contribution in [0, 0.1) is 13.8 Å². The Bertz CT molecular complexity index is 1340. The van der Waals surface area contributed by atoms with Crippen molar-refractivity contribution < 1.29 is 8.42 Å². The first-order valence-corrected chi connectivity index (χ1v) is 13.7. The Morgan fingerprint density at radius 1 is 1.25 bits per heavy atom. The van der Waals surface area contributed by atoms with Crippen molar-refractivity contribution in [2.24, 2.45) is 0 Å². The van der Waals surface area contributed by atoms with E-state index in [4.69, 9.17) is 5.10 Å². The van der Waals surface area contributed by atoms with Crippen molar-refractivity contribution in [1.29, 1.82) is 0 Å². The number of aryl methyl sites for hydroxylation is 1. The Hall–Kier alpha value is -2.42. The Labute approximate surface area is 192 Å². The quantitative estimate of drug-likeness (QED) is 0.423. The zero-order chi connectivity index (χ0) is 22.3. The van der Waals surface area contributed by atoms with Crippen molar-refractivity contribution in [2.75, 3.05) is 18.1 Å². The fourth-order valence-corrected chi connectivity index (χ4v) is 7.39. The van der Waals surface area contributed by atoms with Gasteiger partial charge in [0, 0.05) is 52.2 Å². The van der Waals surface area contributed by atoms with Gasteiger partial charge in [0.05, 0.1) is 23.2 Å². The van der Waals surface area contributed by atoms with Gasteiger partial charge in [-0.1, -0.05) is 24.3 Å². The average molecular weight is 469 g/mol. The van der Waals surface area contributed by atoms with Gasteiger partial charge in [0.15, 0.2) is 9.84 Å². The second kappa shape index (κ2) is 8.50. The minimum atomic E-state index is -2.94. The second-order valence-corrected chi connectivity index (χ2v) is 11.8. The van der Waals surface area contributed by atoms with Crippen LogP contribution in [0.2, 0.25) is 0 Å². The highest BCUT2D eigenvalue weighted by atomic mass is 32.2. The molecule has 0 bridgehead atoms. The number of aromatic nitrogens is 3. The van der Waals surface area contributed by atoms with Gasteiger partial charge in [0.2, 0.25) is 0 Å². The lowest BCUT2D eigenvalue weighted by molar-refractivity contribution is 0.485. The topological polar surface area (TPSA) is 79.8 Å². The number of rotatable bonds is 7. The minimum Gasteiger partial charge on any atom is -0.361 e. The summed E-state index contributed by atoms with van der Waals surface area (Å²) in [5, 5.41) is 11.8. The molecule has 2 N–H and O–H groups in total. The van der Waals surface area contributed by atoms with Gasteiger partial charge in [-0.05, 0) is 43.3 Å². The fourth-order valence-electron chi connectivity index (χ4n) is 4.85. The van der Waals surface area contributed by atoms with Crippen molar-refractivity contribution in [3.05, 3.63) is 75.4 Å². The monoisotopic (exact) mass is 468 g/mol. The van der Waals surface area contributed by atoms with Gasteiger partial charge in [-0.3, -0.25) is 4.68 Å². The number of hydrogen-bond donors (Lipinski definition) is 2. The standard InChI is InChI=1S/C24H28N4O2S2/c1-16-20(17(2)28(27-16)18-9-11-32(29,30)15-18)12-25-13-22(24-8-5-10-31-24)21-14-26-23-7-4-3-6-19(21)23/h3-8,10,14,18,22,25-26H,9,11-13,15H2,1-2H3/t18-,22+/m0/s1. The molecule has 1 aliphatic rings. The van der Waals surface area contributed by atoms with Crippen LogP contribution in [-0.2, 0) is 16.4 Å². The van der Waals surface area contributed by atoms with Crippen LogP contribution < -0.4 is 5.32 Å². The molecule has 2 atom stereocenters. The summed E-state index contributed by atoms with van der Waals surface area (Å²) in [6, 6.07) is 12.7. The maximum absolute atomic E-state index is 11.9. The summed E-state index contributed by atoms with van der Waals surface area (Å²) in [5.74, 6) is 0.710. The number of para-hydroxylation sites is 1. The zero-order valence-electron chi connectivity index (χ0n) is 18.3. The molecule has 0 aliphatic carbocycles. The SMILES string of the molecule is Cc1nn([C@H]2CCS(=O)(=O)C2)c(C)c1CNC[C@@H](c1cccs1)c1c[nH]c2ccccc12. The maximum Gasteiger partial charge on any atom is 0.152 e. The lowest BCUT2D eigenvalue weighted by atomic mass is 9.96. The van der Waals surface area contributed by atoms with Crippen molar-refractivity contribution in [1.82, 2.24) is 20.1 Å². The average Bonchev–Trinajstić information content (AvgIpc) is 3.55. The molecule has 1 saturated heterocycles. The second-order valence-electron chi connectivity index (χ2n) is 8.64. The smallest absolute Gasteiger partial charge is 0.152 e. The summed E-state index contributed by atoms with van der Waals surface area (Å²) in [4.78, 5) is 4.75. The van der Waals surface area contributed by atoms with E-state index in [2.05, 4.69) is 65.2 Å². The molecule has 8 heteroatoms. The van der Waals surface area contributed by atoms with Crippen LogP contribution in [0.3, 0.4) is 0 Å². The third-order valence-corrected chi connectivity index (χ3v) is 9.30. The Balaban J connectivity index is 1.35. The van der Waals surface area contributed by atoms with Crippen LogP contribution in [0.1, 0.15) is 45.8 Å². The molecule has 0 saturated carbocycles. The molecule has 5 rings (SSSR count). The van der Waals surface area contributed by atoms with E-state index in [0.29, 0.717) is 13.0 Å². The highest BCUT2D eigenvalue weighted by molar-refractivity contribution is 7.91. The summed E-state index contributed by atoms with van der Waals surface area (Å²) in [6.45, 7) is 5.59. The summed E-state index contributed by atoms with van der Waals surface area (Å²) >= 11 is 1.78. The Morgan fingerprint density at radius 3 is 2.84 bits per heavy atom. The molecule has 3 aromatic heterocycles. The highest BCUT2D eigenvalue weighted by Gasteiger charge is 2.31. The first-order valence-electron chi connectivity index (χ1n) is 11.0. The van der Waals surface area contributed by atoms with Crippen molar-refractivity contribution in [3.63, 3.8) is 0 Å². The number of nitrogens with zero attached hydrogens (tertiary/aromatic N) is 2. The Morgan fingerprint density at radius 2 is 2.09 bits per heavy atom. The maximum atomic E-state index is 11.9. The van der Waals surface area contributed by atoms with Crippen LogP contribution >= 0.6 is 11.3 Å². The van der Waals surface area contributed by atoms with Crippen LogP contribution in [0.15, 0.2) is 48.0 Å². The summed E-state index contributed by atoms with van der Waals surface area (Å²) in [5.41, 5.74) is 5.66. The van der Waals surface area contributed by atoms with E-state index in [1.807, 2.05) is 11.6 Å². The Kier molecular flexibility index (Phi) is 5.69. The molecular formula is C24H28N4O2S2. The number of nitrogens with one attached hydrogen (secondary N) is 2. The van der Waals surface area contributed by atoms with Gasteiger partial charge >= 0.3 is 0 Å². The molecule has 0 unspecified atom stereocenters. The lowest BCUT2D eigenvalue weighted by Crippen LogP contribution is -2.22. The van der Waals surface area contributed by atoms with Crippen molar-refractivity contribution in [2.45, 2.75) is 38.8 Å².